The third kappa shape index (κ3) is 11.2. The number of benzene rings is 1. The monoisotopic (exact) mass is 738 g/mol. The van der Waals surface area contributed by atoms with Gasteiger partial charge >= 0.3 is 5.97 Å². The zero-order valence-corrected chi connectivity index (χ0v) is 31.4. The summed E-state index contributed by atoms with van der Waals surface area (Å²) in [7, 11) is 1.85. The summed E-state index contributed by atoms with van der Waals surface area (Å²) in [4.78, 5) is 43.7. The Kier molecular flexibility index (Phi) is 13.7. The lowest BCUT2D eigenvalue weighted by atomic mass is 10.0. The van der Waals surface area contributed by atoms with E-state index < -0.39 is 29.7 Å². The molecule has 0 fully saturated rings. The summed E-state index contributed by atoms with van der Waals surface area (Å²) in [6.45, 7) is 9.48. The number of nitrogens with one attached hydrogen (secondary N) is 2. The second kappa shape index (κ2) is 17.7. The number of amides is 1. The van der Waals surface area contributed by atoms with E-state index in [1.54, 1.807) is 48.4 Å². The maximum Gasteiger partial charge on any atom is 0.326 e. The van der Waals surface area contributed by atoms with Crippen molar-refractivity contribution in [2.24, 2.45) is 0 Å². The van der Waals surface area contributed by atoms with Crippen LogP contribution in [0.2, 0.25) is 0 Å². The number of anilines is 3. The third-order valence-electron chi connectivity index (χ3n) is 8.63. The van der Waals surface area contributed by atoms with Crippen LogP contribution in [0.4, 0.5) is 17.5 Å². The largest absolute Gasteiger partial charge is 0.480 e. The fraction of sp³-hybridized carbons (Fsp3) is 0.529. The summed E-state index contributed by atoms with van der Waals surface area (Å²) in [6.07, 6.45) is 6.00. The minimum atomic E-state index is -1.21. The summed E-state index contributed by atoms with van der Waals surface area (Å²) in [6, 6.07) is 5.48. The van der Waals surface area contributed by atoms with Crippen LogP contribution < -0.4 is 27.0 Å². The number of aliphatic hydroxyl groups is 1. The number of nitrogens with two attached hydrogens (primary N) is 2. The van der Waals surface area contributed by atoms with E-state index in [2.05, 4.69) is 74.8 Å². The lowest BCUT2D eigenvalue weighted by molar-refractivity contribution is -0.139. The van der Waals surface area contributed by atoms with Gasteiger partial charge in [-0.15, -0.1) is 5.10 Å². The summed E-state index contributed by atoms with van der Waals surface area (Å²) < 4.78 is 7.97. The molecule has 3 aromatic heterocycles. The first kappa shape index (κ1) is 40.1. The highest BCUT2D eigenvalue weighted by atomic mass is 32.2. The molecule has 52 heavy (non-hydrogen) atoms. The third-order valence-corrected chi connectivity index (χ3v) is 9.24. The molecule has 2 atom stereocenters. The topological polar surface area (TPSA) is 245 Å². The first-order valence-corrected chi connectivity index (χ1v) is 18.3. The van der Waals surface area contributed by atoms with Crippen LogP contribution >= 0.6 is 11.8 Å². The highest BCUT2D eigenvalue weighted by Crippen LogP contribution is 2.24. The molecular formula is C34H50N12O5S. The zero-order chi connectivity index (χ0) is 38.1. The van der Waals surface area contributed by atoms with Gasteiger partial charge in [0.2, 0.25) is 5.95 Å². The molecule has 0 radical (unpaired) electrons. The molecular weight excluding hydrogens is 689 g/mol. The molecule has 1 aromatic carbocycles. The molecule has 17 nitrogen and oxygen atoms in total. The number of hydrogen-bond donors (Lipinski definition) is 6. The van der Waals surface area contributed by atoms with Crippen LogP contribution in [-0.2, 0) is 28.2 Å². The summed E-state index contributed by atoms with van der Waals surface area (Å²) in [5.41, 5.74) is 14.1. The zero-order valence-electron chi connectivity index (χ0n) is 30.5. The molecule has 4 aromatic rings. The summed E-state index contributed by atoms with van der Waals surface area (Å²) >= 11 is 1.80. The van der Waals surface area contributed by atoms with Gasteiger partial charge in [-0.2, -0.15) is 21.7 Å². The van der Waals surface area contributed by atoms with Gasteiger partial charge in [0.25, 0.3) is 5.91 Å². The average molecular weight is 739 g/mol. The Morgan fingerprint density at radius 1 is 1.06 bits per heavy atom. The molecule has 8 N–H and O–H groups in total. The Hall–Kier alpha value is -4.65. The summed E-state index contributed by atoms with van der Waals surface area (Å²) in [5, 5.41) is 34.4. The maximum absolute atomic E-state index is 13.0. The predicted molar refractivity (Wildman–Crippen MR) is 200 cm³/mol. The Balaban J connectivity index is 1.26. The second-order valence-electron chi connectivity index (χ2n) is 13.8. The van der Waals surface area contributed by atoms with Gasteiger partial charge in [0.05, 0.1) is 41.5 Å². The fourth-order valence-corrected chi connectivity index (χ4v) is 6.09. The standard InChI is InChI=1S/C34H50N12O5S/c1-33(2,13-15-51-34(3,4)14-16-52-6)46-24(19-39-44-46)18-37-26(47)12-11-25(31(49)50)41-30(48)21-7-9-23(10-8-21)45(5)20-22-17-38-29-27(40-22)28(35)42-32(36)43-29/h7-10,17,19,25-26,37,47H,11-16,18,20H2,1-6H3,(H,41,48)(H,49,50)(H4,35,36,38,42,43). The number of ether oxygens (including phenoxy) is 1. The van der Waals surface area contributed by atoms with E-state index in [-0.39, 0.29) is 42.3 Å². The quantitative estimate of drug-likeness (QED) is 0.0713. The number of carboxylic acid groups (broad SMARTS) is 1. The van der Waals surface area contributed by atoms with Crippen LogP contribution in [0.15, 0.2) is 36.7 Å². The maximum atomic E-state index is 13.0. The molecule has 1 amide bonds. The molecule has 0 spiro atoms. The van der Waals surface area contributed by atoms with Crippen LogP contribution in [0.3, 0.4) is 0 Å². The number of carbonyl (C=O) groups is 2. The molecule has 0 saturated heterocycles. The molecule has 4 rings (SSSR count). The van der Waals surface area contributed by atoms with Gasteiger partial charge in [0, 0.05) is 31.5 Å². The molecule has 0 bridgehead atoms. The number of nitrogen functional groups attached to an aromatic ring is 2. The lowest BCUT2D eigenvalue weighted by Gasteiger charge is -2.30. The van der Waals surface area contributed by atoms with Crippen molar-refractivity contribution in [1.29, 1.82) is 0 Å². The summed E-state index contributed by atoms with van der Waals surface area (Å²) in [5.74, 6) is -0.567. The lowest BCUT2D eigenvalue weighted by Crippen LogP contribution is -2.42. The van der Waals surface area contributed by atoms with E-state index in [1.807, 2.05) is 16.6 Å². The van der Waals surface area contributed by atoms with Crippen LogP contribution in [-0.4, -0.2) is 101 Å². The minimum absolute atomic E-state index is 0.00231. The molecule has 18 heteroatoms. The Morgan fingerprint density at radius 3 is 2.48 bits per heavy atom. The van der Waals surface area contributed by atoms with Gasteiger partial charge in [0.1, 0.15) is 12.3 Å². The molecule has 0 aliphatic heterocycles. The number of hydrogen-bond acceptors (Lipinski definition) is 15. The van der Waals surface area contributed by atoms with Crippen LogP contribution in [0, 0.1) is 0 Å². The average Bonchev–Trinajstić information content (AvgIpc) is 3.58. The molecule has 0 aliphatic carbocycles. The number of nitrogens with zero attached hydrogens (tertiary/aromatic N) is 8. The molecule has 0 aliphatic rings. The molecule has 282 valence electrons. The Bertz CT molecular complexity index is 1800. The minimum Gasteiger partial charge on any atom is -0.480 e. The predicted octanol–water partition coefficient (Wildman–Crippen LogP) is 2.56. The number of aromatic nitrogens is 7. The van der Waals surface area contributed by atoms with E-state index in [0.29, 0.717) is 36.4 Å². The van der Waals surface area contributed by atoms with E-state index >= 15 is 0 Å². The number of aliphatic hydroxyl groups excluding tert-OH is 1. The highest BCUT2D eigenvalue weighted by molar-refractivity contribution is 7.98. The number of thioether (sulfide) groups is 1. The SMILES string of the molecule is CSCCC(C)(C)OCCC(C)(C)n1nncc1CNC(O)CCC(NC(=O)c1ccc(N(C)Cc2cnc3nc(N)nc(N)c3n2)cc1)C(=O)O. The van der Waals surface area contributed by atoms with Gasteiger partial charge in [-0.1, -0.05) is 5.21 Å². The van der Waals surface area contributed by atoms with E-state index in [9.17, 15) is 19.8 Å². The first-order valence-electron chi connectivity index (χ1n) is 16.9. The van der Waals surface area contributed by atoms with Crippen molar-refractivity contribution in [2.75, 3.05) is 42.0 Å². The van der Waals surface area contributed by atoms with Crippen molar-refractivity contribution < 1.29 is 24.5 Å². The highest BCUT2D eigenvalue weighted by Gasteiger charge is 2.27. The molecule has 0 saturated carbocycles. The van der Waals surface area contributed by atoms with Crippen molar-refractivity contribution >= 4 is 52.3 Å². The van der Waals surface area contributed by atoms with Gasteiger partial charge < -0.3 is 36.6 Å². The number of aliphatic carboxylic acids is 1. The number of rotatable bonds is 20. The number of carbonyl (C=O) groups excluding carboxylic acids is 1. The number of fused-ring (bicyclic) bond motifs is 1. The van der Waals surface area contributed by atoms with Crippen molar-refractivity contribution in [1.82, 2.24) is 45.6 Å². The van der Waals surface area contributed by atoms with Gasteiger partial charge in [0.15, 0.2) is 17.0 Å². The molecule has 3 heterocycles. The van der Waals surface area contributed by atoms with Gasteiger partial charge in [-0.3, -0.25) is 10.1 Å². The molecule has 2 unspecified atom stereocenters. The smallest absolute Gasteiger partial charge is 0.326 e. The Morgan fingerprint density at radius 2 is 1.79 bits per heavy atom. The fourth-order valence-electron chi connectivity index (χ4n) is 5.40. The van der Waals surface area contributed by atoms with Gasteiger partial charge in [-0.05, 0) is 89.7 Å². The van der Waals surface area contributed by atoms with Gasteiger partial charge in [-0.25, -0.2) is 19.4 Å². The van der Waals surface area contributed by atoms with Crippen LogP contribution in [0.5, 0.6) is 0 Å². The van der Waals surface area contributed by atoms with Crippen LogP contribution in [0.25, 0.3) is 11.2 Å². The normalized spacial score (nSPS) is 13.2. The second-order valence-corrected chi connectivity index (χ2v) is 14.8. The van der Waals surface area contributed by atoms with Crippen molar-refractivity contribution in [2.45, 2.75) is 89.9 Å². The van der Waals surface area contributed by atoms with E-state index in [4.69, 9.17) is 16.2 Å². The van der Waals surface area contributed by atoms with Crippen molar-refractivity contribution in [3.05, 3.63) is 53.6 Å². The van der Waals surface area contributed by atoms with Crippen molar-refractivity contribution in [3.63, 3.8) is 0 Å². The first-order chi connectivity index (χ1) is 24.6. The Labute approximate surface area is 307 Å². The van der Waals surface area contributed by atoms with E-state index in [0.717, 1.165) is 23.6 Å². The van der Waals surface area contributed by atoms with Crippen LogP contribution in [0.1, 0.15) is 75.1 Å². The van der Waals surface area contributed by atoms with E-state index in [1.165, 1.54) is 0 Å². The number of carboxylic acids is 1. The van der Waals surface area contributed by atoms with Crippen molar-refractivity contribution in [3.8, 4) is 0 Å².